The van der Waals surface area contributed by atoms with Crippen LogP contribution in [0.15, 0.2) is 36.4 Å². The molecule has 1 N–H and O–H groups in total. The summed E-state index contributed by atoms with van der Waals surface area (Å²) in [5, 5.41) is 4.81. The molecule has 1 unspecified atom stereocenters. The lowest BCUT2D eigenvalue weighted by Gasteiger charge is -2.14. The fourth-order valence-electron chi connectivity index (χ4n) is 2.26. The number of anilines is 1. The molecule has 0 bridgehead atoms. The molecule has 0 saturated carbocycles. The van der Waals surface area contributed by atoms with Gasteiger partial charge in [-0.2, -0.15) is 0 Å². The van der Waals surface area contributed by atoms with Gasteiger partial charge in [0, 0.05) is 20.1 Å². The van der Waals surface area contributed by atoms with Crippen LogP contribution < -0.4 is 5.32 Å². The first-order valence-corrected chi connectivity index (χ1v) is 9.93. The van der Waals surface area contributed by atoms with Gasteiger partial charge in [0.15, 0.2) is 6.10 Å². The zero-order chi connectivity index (χ0) is 19.7. The summed E-state index contributed by atoms with van der Waals surface area (Å²) >= 11 is 25.2. The maximum atomic E-state index is 12.4. The van der Waals surface area contributed by atoms with Gasteiger partial charge < -0.3 is 10.1 Å². The summed E-state index contributed by atoms with van der Waals surface area (Å²) in [6.45, 7) is 1.45. The SMILES string of the molecule is CC(OC(=O)c1sc2cc(Cl)ccc2c1Cl)C(=O)Nc1ccc(Cl)cc1Cl. The molecule has 27 heavy (non-hydrogen) atoms. The van der Waals surface area contributed by atoms with Crippen LogP contribution in [0, 0.1) is 0 Å². The average Bonchev–Trinajstić information content (AvgIpc) is 2.93. The number of amides is 1. The molecule has 0 aliphatic heterocycles. The molecule has 0 saturated heterocycles. The Kier molecular flexibility index (Phi) is 6.18. The Labute approximate surface area is 178 Å². The third kappa shape index (κ3) is 4.50. The predicted molar refractivity (Wildman–Crippen MR) is 112 cm³/mol. The van der Waals surface area contributed by atoms with E-state index in [-0.39, 0.29) is 14.9 Å². The molecular formula is C18H11Cl4NO3S. The molecule has 0 radical (unpaired) electrons. The van der Waals surface area contributed by atoms with Crippen molar-refractivity contribution in [1.29, 1.82) is 0 Å². The van der Waals surface area contributed by atoms with Crippen LogP contribution in [0.2, 0.25) is 20.1 Å². The summed E-state index contributed by atoms with van der Waals surface area (Å²) in [7, 11) is 0. The van der Waals surface area contributed by atoms with E-state index >= 15 is 0 Å². The predicted octanol–water partition coefficient (Wildman–Crippen LogP) is 6.70. The highest BCUT2D eigenvalue weighted by atomic mass is 35.5. The molecule has 1 amide bonds. The van der Waals surface area contributed by atoms with Gasteiger partial charge in [-0.25, -0.2) is 4.79 Å². The molecule has 0 spiro atoms. The molecule has 9 heteroatoms. The zero-order valence-corrected chi connectivity index (χ0v) is 17.5. The molecule has 0 aliphatic carbocycles. The van der Waals surface area contributed by atoms with Crippen LogP contribution >= 0.6 is 57.7 Å². The van der Waals surface area contributed by atoms with Crippen molar-refractivity contribution in [3.05, 3.63) is 61.4 Å². The first-order valence-electron chi connectivity index (χ1n) is 7.60. The molecule has 1 aromatic heterocycles. The van der Waals surface area contributed by atoms with Crippen molar-refractivity contribution in [3.63, 3.8) is 0 Å². The molecule has 0 aliphatic rings. The molecule has 140 valence electrons. The van der Waals surface area contributed by atoms with Gasteiger partial charge in [0.05, 0.1) is 15.7 Å². The number of esters is 1. The summed E-state index contributed by atoms with van der Waals surface area (Å²) in [6.07, 6.45) is -1.06. The van der Waals surface area contributed by atoms with Crippen molar-refractivity contribution < 1.29 is 14.3 Å². The normalized spacial score (nSPS) is 12.0. The van der Waals surface area contributed by atoms with Crippen molar-refractivity contribution in [2.24, 2.45) is 0 Å². The van der Waals surface area contributed by atoms with E-state index in [4.69, 9.17) is 51.1 Å². The minimum atomic E-state index is -1.06. The van der Waals surface area contributed by atoms with E-state index in [9.17, 15) is 9.59 Å². The Morgan fingerprint density at radius 3 is 2.41 bits per heavy atom. The van der Waals surface area contributed by atoms with Crippen LogP contribution in [-0.2, 0) is 9.53 Å². The van der Waals surface area contributed by atoms with Gasteiger partial charge in [-0.05, 0) is 37.3 Å². The number of hydrogen-bond donors (Lipinski definition) is 1. The standard InChI is InChI=1S/C18H11Cl4NO3S/c1-8(17(24)23-13-5-3-9(19)6-12(13)21)26-18(25)16-15(22)11-4-2-10(20)7-14(11)27-16/h2-8H,1H3,(H,23,24). The lowest BCUT2D eigenvalue weighted by atomic mass is 10.2. The van der Waals surface area contributed by atoms with Crippen molar-refractivity contribution in [3.8, 4) is 0 Å². The fourth-order valence-corrected chi connectivity index (χ4v) is 4.39. The largest absolute Gasteiger partial charge is 0.448 e. The first-order chi connectivity index (χ1) is 12.8. The Morgan fingerprint density at radius 1 is 1.04 bits per heavy atom. The molecule has 3 aromatic rings. The van der Waals surface area contributed by atoms with Gasteiger partial charge in [-0.3, -0.25) is 4.79 Å². The first kappa shape index (κ1) is 20.2. The smallest absolute Gasteiger partial charge is 0.350 e. The van der Waals surface area contributed by atoms with Crippen LogP contribution in [0.5, 0.6) is 0 Å². The molecular weight excluding hydrogens is 452 g/mol. The number of hydrogen-bond acceptors (Lipinski definition) is 4. The second kappa shape index (κ2) is 8.25. The lowest BCUT2D eigenvalue weighted by molar-refractivity contribution is -0.123. The summed E-state index contributed by atoms with van der Waals surface area (Å²) < 4.78 is 6.00. The number of rotatable bonds is 4. The summed E-state index contributed by atoms with van der Waals surface area (Å²) in [5.41, 5.74) is 0.364. The van der Waals surface area contributed by atoms with E-state index in [1.165, 1.54) is 13.0 Å². The zero-order valence-electron chi connectivity index (χ0n) is 13.7. The Bertz CT molecular complexity index is 1050. The lowest BCUT2D eigenvalue weighted by Crippen LogP contribution is -2.30. The van der Waals surface area contributed by atoms with Crippen LogP contribution in [0.3, 0.4) is 0 Å². The highest BCUT2D eigenvalue weighted by molar-refractivity contribution is 7.21. The van der Waals surface area contributed by atoms with E-state index in [1.807, 2.05) is 0 Å². The number of halogens is 4. The van der Waals surface area contributed by atoms with Crippen molar-refractivity contribution in [1.82, 2.24) is 0 Å². The number of carbonyl (C=O) groups is 2. The summed E-state index contributed by atoms with van der Waals surface area (Å²) in [6, 6.07) is 9.77. The quantitative estimate of drug-likeness (QED) is 0.439. The van der Waals surface area contributed by atoms with Crippen molar-refractivity contribution >= 4 is 85.4 Å². The number of thiophene rings is 1. The van der Waals surface area contributed by atoms with Gasteiger partial charge in [0.1, 0.15) is 4.88 Å². The van der Waals surface area contributed by atoms with E-state index in [1.54, 1.807) is 30.3 Å². The topological polar surface area (TPSA) is 55.4 Å². The molecule has 2 aromatic carbocycles. The Morgan fingerprint density at radius 2 is 1.70 bits per heavy atom. The third-order valence-corrected chi connectivity index (χ3v) is 6.04. The Hall–Kier alpha value is -1.50. The summed E-state index contributed by atoms with van der Waals surface area (Å²) in [4.78, 5) is 24.9. The number of ether oxygens (including phenoxy) is 1. The van der Waals surface area contributed by atoms with E-state index in [0.29, 0.717) is 21.1 Å². The van der Waals surface area contributed by atoms with E-state index in [2.05, 4.69) is 5.32 Å². The number of fused-ring (bicyclic) bond motifs is 1. The molecule has 1 heterocycles. The second-order valence-corrected chi connectivity index (χ2v) is 8.26. The highest BCUT2D eigenvalue weighted by Gasteiger charge is 2.24. The van der Waals surface area contributed by atoms with Crippen molar-refractivity contribution in [2.45, 2.75) is 13.0 Å². The number of benzene rings is 2. The van der Waals surface area contributed by atoms with Gasteiger partial charge in [0.2, 0.25) is 0 Å². The fraction of sp³-hybridized carbons (Fsp3) is 0.111. The maximum Gasteiger partial charge on any atom is 0.350 e. The van der Waals surface area contributed by atoms with Crippen molar-refractivity contribution in [2.75, 3.05) is 5.32 Å². The molecule has 1 atom stereocenters. The number of nitrogens with one attached hydrogen (secondary N) is 1. The van der Waals surface area contributed by atoms with Crippen LogP contribution in [0.25, 0.3) is 10.1 Å². The van der Waals surface area contributed by atoms with E-state index < -0.39 is 18.0 Å². The van der Waals surface area contributed by atoms with Gasteiger partial charge in [0.25, 0.3) is 5.91 Å². The van der Waals surface area contributed by atoms with Crippen LogP contribution in [0.4, 0.5) is 5.69 Å². The van der Waals surface area contributed by atoms with Crippen LogP contribution in [0.1, 0.15) is 16.6 Å². The van der Waals surface area contributed by atoms with Crippen LogP contribution in [-0.4, -0.2) is 18.0 Å². The Balaban J connectivity index is 1.73. The molecule has 4 nitrogen and oxygen atoms in total. The molecule has 3 rings (SSSR count). The second-order valence-electron chi connectivity index (χ2n) is 5.55. The van der Waals surface area contributed by atoms with Gasteiger partial charge in [-0.15, -0.1) is 11.3 Å². The maximum absolute atomic E-state index is 12.4. The summed E-state index contributed by atoms with van der Waals surface area (Å²) in [5.74, 6) is -1.23. The van der Waals surface area contributed by atoms with E-state index in [0.717, 1.165) is 16.0 Å². The molecule has 0 fully saturated rings. The minimum absolute atomic E-state index is 0.207. The van der Waals surface area contributed by atoms with Gasteiger partial charge >= 0.3 is 5.97 Å². The average molecular weight is 463 g/mol. The minimum Gasteiger partial charge on any atom is -0.448 e. The highest BCUT2D eigenvalue weighted by Crippen LogP contribution is 2.37. The monoisotopic (exact) mass is 461 g/mol. The third-order valence-electron chi connectivity index (χ3n) is 3.62. The van der Waals surface area contributed by atoms with Gasteiger partial charge in [-0.1, -0.05) is 52.5 Å². The number of carbonyl (C=O) groups excluding carboxylic acids is 2.